The molecule has 0 unspecified atom stereocenters. The van der Waals surface area contributed by atoms with E-state index in [1.54, 1.807) is 22.8 Å². The van der Waals surface area contributed by atoms with Crippen LogP contribution in [0.15, 0.2) is 101 Å². The highest BCUT2D eigenvalue weighted by atomic mass is 32.2. The minimum Gasteiger partial charge on any atom is -0.369 e. The molecule has 1 N–H and O–H groups in total. The Hall–Kier alpha value is -3.59. The number of hydrogen-bond donors (Lipinski definition) is 1. The van der Waals surface area contributed by atoms with Crippen LogP contribution in [0.3, 0.4) is 0 Å². The summed E-state index contributed by atoms with van der Waals surface area (Å²) in [6.45, 7) is 1.13. The molecule has 8 heteroatoms. The molecule has 1 aliphatic rings. The molecule has 0 aliphatic heterocycles. The van der Waals surface area contributed by atoms with Crippen LogP contribution in [0.2, 0.25) is 0 Å². The van der Waals surface area contributed by atoms with E-state index in [0.29, 0.717) is 10.8 Å². The summed E-state index contributed by atoms with van der Waals surface area (Å²) in [6, 6.07) is 28.3. The third kappa shape index (κ3) is 5.34. The van der Waals surface area contributed by atoms with E-state index in [2.05, 4.69) is 63.8 Å². The molecule has 192 valence electrons. The molecule has 0 amide bonds. The molecule has 38 heavy (non-hydrogen) atoms. The van der Waals surface area contributed by atoms with E-state index in [-0.39, 0.29) is 6.04 Å². The van der Waals surface area contributed by atoms with Crippen LogP contribution in [0.25, 0.3) is 22.0 Å². The van der Waals surface area contributed by atoms with Gasteiger partial charge in [0.15, 0.2) is 0 Å². The van der Waals surface area contributed by atoms with E-state index in [1.807, 2.05) is 29.6 Å². The second-order valence-corrected chi connectivity index (χ2v) is 12.6. The van der Waals surface area contributed by atoms with Crippen molar-refractivity contribution in [1.82, 2.24) is 14.3 Å². The van der Waals surface area contributed by atoms with Crippen molar-refractivity contribution < 1.29 is 8.42 Å². The number of hydrogen-bond acceptors (Lipinski definition) is 6. The number of anilines is 1. The molecular weight excluding hydrogens is 512 g/mol. The quantitative estimate of drug-likeness (QED) is 0.223. The van der Waals surface area contributed by atoms with Crippen LogP contribution in [0, 0.1) is 0 Å². The zero-order valence-corrected chi connectivity index (χ0v) is 22.5. The summed E-state index contributed by atoms with van der Waals surface area (Å²) < 4.78 is 28.7. The van der Waals surface area contributed by atoms with Crippen molar-refractivity contribution in [3.8, 4) is 11.1 Å². The normalized spacial score (nSPS) is 13.7. The Bertz CT molecular complexity index is 1650. The van der Waals surface area contributed by atoms with Gasteiger partial charge in [0.05, 0.1) is 5.52 Å². The molecule has 3 aromatic carbocycles. The zero-order chi connectivity index (χ0) is 26.0. The average Bonchev–Trinajstić information content (AvgIpc) is 3.62. The van der Waals surface area contributed by atoms with Crippen molar-refractivity contribution in [2.24, 2.45) is 0 Å². The fourth-order valence-corrected chi connectivity index (χ4v) is 7.47. The molecule has 1 fully saturated rings. The number of aromatic nitrogens is 2. The maximum absolute atomic E-state index is 13.3. The Morgan fingerprint density at radius 1 is 0.868 bits per heavy atom. The summed E-state index contributed by atoms with van der Waals surface area (Å²) in [6.07, 6.45) is 4.32. The monoisotopic (exact) mass is 540 g/mol. The van der Waals surface area contributed by atoms with Crippen LogP contribution >= 0.6 is 11.3 Å². The molecule has 0 spiro atoms. The lowest BCUT2D eigenvalue weighted by Crippen LogP contribution is -2.32. The molecule has 0 atom stereocenters. The highest BCUT2D eigenvalue weighted by Crippen LogP contribution is 2.35. The number of nitrogens with zero attached hydrogens (tertiary/aromatic N) is 3. The zero-order valence-electron chi connectivity index (χ0n) is 20.8. The summed E-state index contributed by atoms with van der Waals surface area (Å²) in [5.74, 6) is 0.811. The van der Waals surface area contributed by atoms with Gasteiger partial charge in [0.2, 0.25) is 0 Å². The van der Waals surface area contributed by atoms with E-state index < -0.39 is 10.0 Å². The van der Waals surface area contributed by atoms with Crippen LogP contribution in [0.4, 0.5) is 5.82 Å². The van der Waals surface area contributed by atoms with Gasteiger partial charge in [0, 0.05) is 24.5 Å². The number of fused-ring (bicyclic) bond motifs is 1. The lowest BCUT2D eigenvalue weighted by Gasteiger charge is -2.21. The van der Waals surface area contributed by atoms with Crippen LogP contribution < -0.4 is 5.32 Å². The van der Waals surface area contributed by atoms with E-state index in [4.69, 9.17) is 0 Å². The summed E-state index contributed by atoms with van der Waals surface area (Å²) in [7, 11) is -3.51. The van der Waals surface area contributed by atoms with E-state index in [1.165, 1.54) is 16.9 Å². The maximum atomic E-state index is 13.3. The summed E-state index contributed by atoms with van der Waals surface area (Å²) in [5.41, 5.74) is 5.20. The maximum Gasteiger partial charge on any atom is 0.253 e. The Balaban J connectivity index is 1.25. The summed E-state index contributed by atoms with van der Waals surface area (Å²) in [5, 5.41) is 6.25. The smallest absolute Gasteiger partial charge is 0.253 e. The molecule has 0 bridgehead atoms. The van der Waals surface area contributed by atoms with Gasteiger partial charge >= 0.3 is 0 Å². The number of nitrogens with one attached hydrogen (secondary N) is 1. The Morgan fingerprint density at radius 3 is 2.47 bits per heavy atom. The minimum absolute atomic E-state index is 0.0769. The van der Waals surface area contributed by atoms with Crippen molar-refractivity contribution >= 4 is 38.1 Å². The van der Waals surface area contributed by atoms with Crippen LogP contribution in [-0.2, 0) is 23.0 Å². The van der Waals surface area contributed by atoms with Gasteiger partial charge < -0.3 is 5.32 Å². The molecule has 0 radical (unpaired) electrons. The number of sulfonamides is 1. The molecule has 2 aromatic heterocycles. The largest absolute Gasteiger partial charge is 0.369 e. The van der Waals surface area contributed by atoms with Gasteiger partial charge in [-0.15, -0.1) is 11.3 Å². The van der Waals surface area contributed by atoms with Gasteiger partial charge in [-0.25, -0.2) is 18.4 Å². The van der Waals surface area contributed by atoms with E-state index in [9.17, 15) is 8.42 Å². The van der Waals surface area contributed by atoms with Gasteiger partial charge in [0.1, 0.15) is 16.4 Å². The molecule has 2 heterocycles. The van der Waals surface area contributed by atoms with Gasteiger partial charge in [-0.2, -0.15) is 4.31 Å². The third-order valence-corrected chi connectivity index (χ3v) is 10.1. The second kappa shape index (κ2) is 10.6. The first-order valence-electron chi connectivity index (χ1n) is 12.8. The van der Waals surface area contributed by atoms with Gasteiger partial charge in [-0.1, -0.05) is 60.7 Å². The Labute approximate surface area is 227 Å². The standard InChI is InChI=1S/C30H28N4O2S2/c35-38(36,29-10-5-17-37-29)34(26-12-13-26)20-23-8-4-9-24(18-23)25-11-14-28-27(19-25)30(33-21-32-28)31-16-15-22-6-2-1-3-7-22/h1-11,14,17-19,21,26H,12-13,15-16,20H2,(H,31,32,33). The van der Waals surface area contributed by atoms with Crippen molar-refractivity contribution in [3.63, 3.8) is 0 Å². The Morgan fingerprint density at radius 2 is 1.68 bits per heavy atom. The molecular formula is C30H28N4O2S2. The lowest BCUT2D eigenvalue weighted by atomic mass is 10.0. The van der Waals surface area contributed by atoms with Crippen molar-refractivity contribution in [3.05, 3.63) is 108 Å². The SMILES string of the molecule is O=S(=O)(c1cccs1)N(Cc1cccc(-c2ccc3ncnc(NCCc4ccccc4)c3c2)c1)C1CC1. The fourth-order valence-electron chi connectivity index (χ4n) is 4.67. The lowest BCUT2D eigenvalue weighted by molar-refractivity contribution is 0.400. The van der Waals surface area contributed by atoms with Gasteiger partial charge in [-0.3, -0.25) is 0 Å². The fraction of sp³-hybridized carbons (Fsp3) is 0.200. The van der Waals surface area contributed by atoms with Gasteiger partial charge in [0.25, 0.3) is 10.0 Å². The van der Waals surface area contributed by atoms with Crippen molar-refractivity contribution in [2.45, 2.75) is 36.1 Å². The Kier molecular flexibility index (Phi) is 6.93. The van der Waals surface area contributed by atoms with Crippen molar-refractivity contribution in [2.75, 3.05) is 11.9 Å². The van der Waals surface area contributed by atoms with Crippen molar-refractivity contribution in [1.29, 1.82) is 0 Å². The number of rotatable bonds is 10. The first-order valence-corrected chi connectivity index (χ1v) is 15.1. The predicted octanol–water partition coefficient (Wildman–Crippen LogP) is 6.37. The number of thiophene rings is 1. The highest BCUT2D eigenvalue weighted by Gasteiger charge is 2.38. The molecule has 6 nitrogen and oxygen atoms in total. The highest BCUT2D eigenvalue weighted by molar-refractivity contribution is 7.91. The summed E-state index contributed by atoms with van der Waals surface area (Å²) in [4.78, 5) is 8.97. The molecule has 0 saturated heterocycles. The average molecular weight is 541 g/mol. The third-order valence-electron chi connectivity index (χ3n) is 6.80. The topological polar surface area (TPSA) is 75.2 Å². The van der Waals surface area contributed by atoms with E-state index >= 15 is 0 Å². The van der Waals surface area contributed by atoms with Crippen LogP contribution in [-0.4, -0.2) is 35.3 Å². The first kappa shape index (κ1) is 24.7. The molecule has 5 aromatic rings. The first-order chi connectivity index (χ1) is 18.6. The van der Waals surface area contributed by atoms with Gasteiger partial charge in [-0.05, 0) is 71.2 Å². The molecule has 6 rings (SSSR count). The van der Waals surface area contributed by atoms with Crippen LogP contribution in [0.1, 0.15) is 24.0 Å². The minimum atomic E-state index is -3.51. The predicted molar refractivity (Wildman–Crippen MR) is 154 cm³/mol. The second-order valence-electron chi connectivity index (χ2n) is 9.53. The van der Waals surface area contributed by atoms with E-state index in [0.717, 1.165) is 59.2 Å². The molecule has 1 aliphatic carbocycles. The van der Waals surface area contributed by atoms with Crippen LogP contribution in [0.5, 0.6) is 0 Å². The summed E-state index contributed by atoms with van der Waals surface area (Å²) >= 11 is 1.27. The molecule has 1 saturated carbocycles. The number of benzene rings is 3.